The summed E-state index contributed by atoms with van der Waals surface area (Å²) in [5, 5.41) is 2.91. The van der Waals surface area contributed by atoms with E-state index >= 15 is 0 Å². The third-order valence-corrected chi connectivity index (χ3v) is 3.05. The summed E-state index contributed by atoms with van der Waals surface area (Å²) in [6, 6.07) is 0. The Morgan fingerprint density at radius 2 is 2.18 bits per heavy atom. The lowest BCUT2D eigenvalue weighted by Crippen LogP contribution is -2.24. The molecule has 4 nitrogen and oxygen atoms in total. The lowest BCUT2D eigenvalue weighted by Gasteiger charge is -2.07. The van der Waals surface area contributed by atoms with Gasteiger partial charge >= 0.3 is 0 Å². The van der Waals surface area contributed by atoms with Crippen LogP contribution in [0.15, 0.2) is 0 Å². The van der Waals surface area contributed by atoms with Gasteiger partial charge in [0.1, 0.15) is 5.82 Å². The molecule has 94 valence electrons. The van der Waals surface area contributed by atoms with Crippen LogP contribution in [0.4, 0.5) is 0 Å². The molecule has 1 aliphatic carbocycles. The second-order valence-corrected chi connectivity index (χ2v) is 5.19. The van der Waals surface area contributed by atoms with Gasteiger partial charge in [-0.15, -0.1) is 0 Å². The van der Waals surface area contributed by atoms with Crippen LogP contribution in [0.3, 0.4) is 0 Å². The number of H-pyrrole nitrogens is 1. The second-order valence-electron chi connectivity index (χ2n) is 5.19. The fourth-order valence-corrected chi connectivity index (χ4v) is 2.22. The maximum atomic E-state index is 11.5. The Morgan fingerprint density at radius 3 is 2.88 bits per heavy atom. The molecule has 0 spiro atoms. The van der Waals surface area contributed by atoms with Gasteiger partial charge in [0.15, 0.2) is 0 Å². The largest absolute Gasteiger partial charge is 0.349 e. The van der Waals surface area contributed by atoms with Gasteiger partial charge in [-0.05, 0) is 31.6 Å². The molecule has 0 atom stereocenters. The second kappa shape index (κ2) is 5.34. The van der Waals surface area contributed by atoms with Crippen LogP contribution in [-0.4, -0.2) is 15.9 Å². The molecule has 0 fully saturated rings. The van der Waals surface area contributed by atoms with Gasteiger partial charge < -0.3 is 10.3 Å². The summed E-state index contributed by atoms with van der Waals surface area (Å²) in [4.78, 5) is 19.4. The van der Waals surface area contributed by atoms with Gasteiger partial charge in [-0.1, -0.05) is 13.8 Å². The summed E-state index contributed by atoms with van der Waals surface area (Å²) in [5.41, 5.74) is 2.47. The number of aromatic nitrogens is 2. The van der Waals surface area contributed by atoms with E-state index in [4.69, 9.17) is 0 Å². The van der Waals surface area contributed by atoms with Gasteiger partial charge in [-0.2, -0.15) is 0 Å². The molecular formula is C13H21N3O. The predicted octanol–water partition coefficient (Wildman–Crippen LogP) is 1.95. The van der Waals surface area contributed by atoms with Crippen molar-refractivity contribution in [3.05, 3.63) is 17.2 Å². The number of carbonyl (C=O) groups excluding carboxylic acids is 1. The number of amides is 1. The lowest BCUT2D eigenvalue weighted by atomic mass is 10.0. The number of rotatable bonds is 4. The normalized spacial score (nSPS) is 14.8. The van der Waals surface area contributed by atoms with Crippen molar-refractivity contribution in [3.8, 4) is 0 Å². The minimum absolute atomic E-state index is 0.106. The lowest BCUT2D eigenvalue weighted by molar-refractivity contribution is -0.121. The SMILES string of the molecule is CC(C)CC(=O)NCc1nc2c([nH]1)CCCC2. The molecule has 0 saturated heterocycles. The number of aromatic amines is 1. The number of imidazole rings is 1. The summed E-state index contributed by atoms with van der Waals surface area (Å²) in [5.74, 6) is 1.41. The van der Waals surface area contributed by atoms with Gasteiger partial charge in [-0.3, -0.25) is 4.79 Å². The van der Waals surface area contributed by atoms with Crippen LogP contribution >= 0.6 is 0 Å². The quantitative estimate of drug-likeness (QED) is 0.838. The number of nitrogens with zero attached hydrogens (tertiary/aromatic N) is 1. The molecule has 1 aliphatic rings. The van der Waals surface area contributed by atoms with Gasteiger partial charge in [0.25, 0.3) is 0 Å². The molecule has 1 aromatic heterocycles. The van der Waals surface area contributed by atoms with Crippen molar-refractivity contribution in [1.29, 1.82) is 0 Å². The molecule has 1 heterocycles. The highest BCUT2D eigenvalue weighted by molar-refractivity contribution is 5.75. The molecular weight excluding hydrogens is 214 g/mol. The van der Waals surface area contributed by atoms with Crippen LogP contribution in [0.2, 0.25) is 0 Å². The zero-order valence-corrected chi connectivity index (χ0v) is 10.7. The van der Waals surface area contributed by atoms with Crippen molar-refractivity contribution in [2.75, 3.05) is 0 Å². The van der Waals surface area contributed by atoms with E-state index in [1.165, 1.54) is 24.2 Å². The first-order valence-corrected chi connectivity index (χ1v) is 6.48. The molecule has 1 amide bonds. The molecule has 1 aromatic rings. The van der Waals surface area contributed by atoms with Crippen molar-refractivity contribution in [2.45, 2.75) is 52.5 Å². The van der Waals surface area contributed by atoms with E-state index < -0.39 is 0 Å². The number of hydrogen-bond donors (Lipinski definition) is 2. The van der Waals surface area contributed by atoms with Crippen LogP contribution in [-0.2, 0) is 24.2 Å². The van der Waals surface area contributed by atoms with Crippen LogP contribution in [0.25, 0.3) is 0 Å². The van der Waals surface area contributed by atoms with Crippen molar-refractivity contribution in [2.24, 2.45) is 5.92 Å². The zero-order valence-electron chi connectivity index (χ0n) is 10.7. The molecule has 0 bridgehead atoms. The zero-order chi connectivity index (χ0) is 12.3. The fraction of sp³-hybridized carbons (Fsp3) is 0.692. The summed E-state index contributed by atoms with van der Waals surface area (Å²) < 4.78 is 0. The van der Waals surface area contributed by atoms with Gasteiger partial charge in [0, 0.05) is 12.1 Å². The number of carbonyl (C=O) groups is 1. The summed E-state index contributed by atoms with van der Waals surface area (Å²) in [6.07, 6.45) is 5.24. The molecule has 0 aromatic carbocycles. The Balaban J connectivity index is 1.87. The van der Waals surface area contributed by atoms with Crippen molar-refractivity contribution in [1.82, 2.24) is 15.3 Å². The van der Waals surface area contributed by atoms with Gasteiger partial charge in [-0.25, -0.2) is 4.98 Å². The Kier molecular flexibility index (Phi) is 3.82. The molecule has 2 N–H and O–H groups in total. The maximum absolute atomic E-state index is 11.5. The molecule has 2 rings (SSSR count). The highest BCUT2D eigenvalue weighted by Gasteiger charge is 2.14. The van der Waals surface area contributed by atoms with E-state index in [1.54, 1.807) is 0 Å². The third kappa shape index (κ3) is 3.32. The Labute approximate surface area is 102 Å². The fourth-order valence-electron chi connectivity index (χ4n) is 2.22. The van der Waals surface area contributed by atoms with Crippen LogP contribution in [0, 0.1) is 5.92 Å². The van der Waals surface area contributed by atoms with E-state index in [1.807, 2.05) is 13.8 Å². The van der Waals surface area contributed by atoms with Gasteiger partial charge in [0.2, 0.25) is 5.91 Å². The first-order chi connectivity index (χ1) is 8.15. The van der Waals surface area contributed by atoms with Crippen LogP contribution < -0.4 is 5.32 Å². The van der Waals surface area contributed by atoms with E-state index in [0.717, 1.165) is 18.7 Å². The smallest absolute Gasteiger partial charge is 0.220 e. The topological polar surface area (TPSA) is 57.8 Å². The molecule has 0 aliphatic heterocycles. The van der Waals surface area contributed by atoms with Crippen LogP contribution in [0.5, 0.6) is 0 Å². The molecule has 17 heavy (non-hydrogen) atoms. The Bertz CT molecular complexity index is 372. The summed E-state index contributed by atoms with van der Waals surface area (Å²) in [7, 11) is 0. The standard InChI is InChI=1S/C13H21N3O/c1-9(2)7-13(17)14-8-12-15-10-5-3-4-6-11(10)16-12/h9H,3-8H2,1-2H3,(H,14,17)(H,15,16). The summed E-state index contributed by atoms with van der Waals surface area (Å²) in [6.45, 7) is 4.62. The first-order valence-electron chi connectivity index (χ1n) is 6.48. The number of nitrogens with one attached hydrogen (secondary N) is 2. The minimum Gasteiger partial charge on any atom is -0.349 e. The highest BCUT2D eigenvalue weighted by Crippen LogP contribution is 2.18. The first kappa shape index (κ1) is 12.1. The Hall–Kier alpha value is -1.32. The molecule has 0 radical (unpaired) electrons. The average Bonchev–Trinajstić information content (AvgIpc) is 2.68. The molecule has 0 saturated carbocycles. The van der Waals surface area contributed by atoms with Crippen molar-refractivity contribution >= 4 is 5.91 Å². The number of hydrogen-bond acceptors (Lipinski definition) is 2. The number of aryl methyl sites for hydroxylation is 2. The average molecular weight is 235 g/mol. The van der Waals surface area contributed by atoms with E-state index in [9.17, 15) is 4.79 Å². The molecule has 0 unspecified atom stereocenters. The van der Waals surface area contributed by atoms with E-state index in [0.29, 0.717) is 18.9 Å². The van der Waals surface area contributed by atoms with E-state index in [-0.39, 0.29) is 5.91 Å². The molecule has 4 heteroatoms. The van der Waals surface area contributed by atoms with Gasteiger partial charge in [0.05, 0.1) is 12.2 Å². The number of fused-ring (bicyclic) bond motifs is 1. The Morgan fingerprint density at radius 1 is 1.41 bits per heavy atom. The summed E-state index contributed by atoms with van der Waals surface area (Å²) >= 11 is 0. The van der Waals surface area contributed by atoms with Crippen molar-refractivity contribution < 1.29 is 4.79 Å². The van der Waals surface area contributed by atoms with E-state index in [2.05, 4.69) is 15.3 Å². The highest BCUT2D eigenvalue weighted by atomic mass is 16.1. The minimum atomic E-state index is 0.106. The maximum Gasteiger partial charge on any atom is 0.220 e. The predicted molar refractivity (Wildman–Crippen MR) is 66.5 cm³/mol. The third-order valence-electron chi connectivity index (χ3n) is 3.05. The van der Waals surface area contributed by atoms with Crippen molar-refractivity contribution in [3.63, 3.8) is 0 Å². The van der Waals surface area contributed by atoms with Crippen LogP contribution in [0.1, 0.15) is 50.3 Å². The monoisotopic (exact) mass is 235 g/mol.